The van der Waals surface area contributed by atoms with Crippen molar-refractivity contribution in [2.75, 3.05) is 12.4 Å². The van der Waals surface area contributed by atoms with E-state index in [9.17, 15) is 0 Å². The van der Waals surface area contributed by atoms with Crippen LogP contribution in [-0.4, -0.2) is 12.4 Å². The summed E-state index contributed by atoms with van der Waals surface area (Å²) < 4.78 is 5.75. The van der Waals surface area contributed by atoms with Crippen LogP contribution in [0.15, 0.2) is 47.4 Å². The minimum absolute atomic E-state index is 0.122. The van der Waals surface area contributed by atoms with Crippen molar-refractivity contribution in [1.82, 2.24) is 0 Å². The Morgan fingerprint density at radius 1 is 1.20 bits per heavy atom. The van der Waals surface area contributed by atoms with Crippen molar-refractivity contribution in [2.24, 2.45) is 5.73 Å². The molecule has 20 heavy (non-hydrogen) atoms. The van der Waals surface area contributed by atoms with Crippen molar-refractivity contribution < 1.29 is 4.74 Å². The molecular formula is C17H19NOS. The molecule has 1 unspecified atom stereocenters. The molecule has 0 aliphatic carbocycles. The molecule has 0 saturated heterocycles. The van der Waals surface area contributed by atoms with Gasteiger partial charge in [-0.3, -0.25) is 0 Å². The van der Waals surface area contributed by atoms with Crippen LogP contribution >= 0.6 is 11.8 Å². The number of fused-ring (bicyclic) bond motifs is 1. The average molecular weight is 285 g/mol. The van der Waals surface area contributed by atoms with E-state index in [0.717, 1.165) is 35.7 Å². The van der Waals surface area contributed by atoms with E-state index >= 15 is 0 Å². The van der Waals surface area contributed by atoms with Crippen LogP contribution in [0.25, 0.3) is 0 Å². The van der Waals surface area contributed by atoms with Gasteiger partial charge in [-0.05, 0) is 29.0 Å². The Labute approximate surface area is 124 Å². The van der Waals surface area contributed by atoms with Crippen LogP contribution in [0.3, 0.4) is 0 Å². The van der Waals surface area contributed by atoms with Crippen LogP contribution < -0.4 is 10.5 Å². The molecule has 0 amide bonds. The summed E-state index contributed by atoms with van der Waals surface area (Å²) in [5.74, 6) is 2.08. The van der Waals surface area contributed by atoms with Crippen molar-refractivity contribution >= 4 is 11.8 Å². The van der Waals surface area contributed by atoms with E-state index in [0.29, 0.717) is 0 Å². The lowest BCUT2D eigenvalue weighted by Gasteiger charge is -2.16. The zero-order valence-electron chi connectivity index (χ0n) is 11.6. The molecule has 3 heteroatoms. The second kappa shape index (κ2) is 5.90. The third kappa shape index (κ3) is 2.56. The maximum atomic E-state index is 6.43. The van der Waals surface area contributed by atoms with E-state index in [4.69, 9.17) is 10.5 Å². The molecule has 0 fully saturated rings. The lowest BCUT2D eigenvalue weighted by molar-refractivity contribution is 0.352. The first-order valence-electron chi connectivity index (χ1n) is 7.02. The van der Waals surface area contributed by atoms with Crippen molar-refractivity contribution in [1.29, 1.82) is 0 Å². The molecule has 0 bridgehead atoms. The van der Waals surface area contributed by atoms with Gasteiger partial charge in [0.25, 0.3) is 0 Å². The Morgan fingerprint density at radius 3 is 2.75 bits per heavy atom. The summed E-state index contributed by atoms with van der Waals surface area (Å²) in [5.41, 5.74) is 9.93. The molecule has 3 rings (SSSR count). The van der Waals surface area contributed by atoms with E-state index in [-0.39, 0.29) is 6.04 Å². The topological polar surface area (TPSA) is 35.2 Å². The van der Waals surface area contributed by atoms with E-state index in [2.05, 4.69) is 49.4 Å². The van der Waals surface area contributed by atoms with Gasteiger partial charge in [0.05, 0.1) is 12.6 Å². The largest absolute Gasteiger partial charge is 0.493 e. The normalized spacial score (nSPS) is 14.7. The molecule has 0 radical (unpaired) electrons. The van der Waals surface area contributed by atoms with Crippen LogP contribution in [0, 0.1) is 0 Å². The first-order chi connectivity index (χ1) is 9.79. The highest BCUT2D eigenvalue weighted by molar-refractivity contribution is 7.99. The Kier molecular flexibility index (Phi) is 3.99. The summed E-state index contributed by atoms with van der Waals surface area (Å²) in [6.07, 6.45) is 0.988. The van der Waals surface area contributed by atoms with Gasteiger partial charge in [-0.2, -0.15) is 0 Å². The van der Waals surface area contributed by atoms with E-state index in [1.165, 1.54) is 10.5 Å². The predicted molar refractivity (Wildman–Crippen MR) is 84.5 cm³/mol. The number of thioether (sulfide) groups is 1. The second-order valence-corrected chi connectivity index (χ2v) is 6.25. The molecule has 1 aliphatic rings. The fraction of sp³-hybridized carbons (Fsp3) is 0.294. The van der Waals surface area contributed by atoms with Crippen LogP contribution in [-0.2, 0) is 6.42 Å². The molecule has 2 nitrogen and oxygen atoms in total. The molecule has 0 aromatic heterocycles. The van der Waals surface area contributed by atoms with Crippen molar-refractivity contribution in [2.45, 2.75) is 24.3 Å². The summed E-state index contributed by atoms with van der Waals surface area (Å²) in [7, 11) is 0. The Bertz CT molecular complexity index is 594. The summed E-state index contributed by atoms with van der Waals surface area (Å²) in [6.45, 7) is 2.93. The highest BCUT2D eigenvalue weighted by atomic mass is 32.2. The molecule has 1 atom stereocenters. The van der Waals surface area contributed by atoms with Crippen LogP contribution in [0.5, 0.6) is 5.75 Å². The highest BCUT2D eigenvalue weighted by Crippen LogP contribution is 2.35. The fourth-order valence-corrected chi connectivity index (χ4v) is 3.27. The van der Waals surface area contributed by atoms with Gasteiger partial charge in [-0.15, -0.1) is 11.8 Å². The lowest BCUT2D eigenvalue weighted by atomic mass is 9.97. The third-order valence-corrected chi connectivity index (χ3v) is 4.52. The summed E-state index contributed by atoms with van der Waals surface area (Å²) >= 11 is 1.85. The van der Waals surface area contributed by atoms with Crippen molar-refractivity contribution in [3.63, 3.8) is 0 Å². The van der Waals surface area contributed by atoms with Gasteiger partial charge in [-0.25, -0.2) is 0 Å². The van der Waals surface area contributed by atoms with Gasteiger partial charge in [0.1, 0.15) is 5.75 Å². The number of ether oxygens (including phenoxy) is 1. The minimum atomic E-state index is -0.122. The number of para-hydroxylation sites is 1. The molecular weight excluding hydrogens is 266 g/mol. The summed E-state index contributed by atoms with van der Waals surface area (Å²) in [4.78, 5) is 1.29. The van der Waals surface area contributed by atoms with E-state index < -0.39 is 0 Å². The monoisotopic (exact) mass is 285 g/mol. The average Bonchev–Trinajstić information content (AvgIpc) is 2.96. The standard InChI is InChI=1S/C17H19NOS/c1-2-20-14-8-6-12(7-9-14)16(18)15-5-3-4-13-10-11-19-17(13)15/h3-9,16H,2,10-11,18H2,1H3. The van der Waals surface area contributed by atoms with Gasteiger partial charge in [0, 0.05) is 16.9 Å². The molecule has 2 aromatic rings. The lowest BCUT2D eigenvalue weighted by Crippen LogP contribution is -2.12. The number of hydrogen-bond acceptors (Lipinski definition) is 3. The zero-order chi connectivity index (χ0) is 13.9. The third-order valence-electron chi connectivity index (χ3n) is 3.63. The molecule has 1 heterocycles. The smallest absolute Gasteiger partial charge is 0.127 e. The van der Waals surface area contributed by atoms with Crippen molar-refractivity contribution in [3.8, 4) is 5.75 Å². The van der Waals surface area contributed by atoms with E-state index in [1.807, 2.05) is 11.8 Å². The summed E-state index contributed by atoms with van der Waals surface area (Å²) in [6, 6.07) is 14.7. The van der Waals surface area contributed by atoms with Gasteiger partial charge < -0.3 is 10.5 Å². The molecule has 2 N–H and O–H groups in total. The number of hydrogen-bond donors (Lipinski definition) is 1. The van der Waals surface area contributed by atoms with Crippen LogP contribution in [0.2, 0.25) is 0 Å². The minimum Gasteiger partial charge on any atom is -0.493 e. The van der Waals surface area contributed by atoms with E-state index in [1.54, 1.807) is 0 Å². The first kappa shape index (κ1) is 13.5. The van der Waals surface area contributed by atoms with Crippen LogP contribution in [0.1, 0.15) is 29.7 Å². The number of rotatable bonds is 4. The first-order valence-corrected chi connectivity index (χ1v) is 8.01. The van der Waals surface area contributed by atoms with Gasteiger partial charge >= 0.3 is 0 Å². The molecule has 0 spiro atoms. The quantitative estimate of drug-likeness (QED) is 0.868. The summed E-state index contributed by atoms with van der Waals surface area (Å²) in [5, 5.41) is 0. The SMILES string of the molecule is CCSc1ccc(C(N)c2cccc3c2OCC3)cc1. The Morgan fingerprint density at radius 2 is 2.00 bits per heavy atom. The zero-order valence-corrected chi connectivity index (χ0v) is 12.5. The highest BCUT2D eigenvalue weighted by Gasteiger charge is 2.20. The van der Waals surface area contributed by atoms with Gasteiger partial charge in [0.15, 0.2) is 0 Å². The maximum Gasteiger partial charge on any atom is 0.127 e. The maximum absolute atomic E-state index is 6.43. The van der Waals surface area contributed by atoms with Gasteiger partial charge in [-0.1, -0.05) is 37.3 Å². The van der Waals surface area contributed by atoms with Crippen molar-refractivity contribution in [3.05, 3.63) is 59.2 Å². The molecule has 104 valence electrons. The number of nitrogens with two attached hydrogens (primary N) is 1. The second-order valence-electron chi connectivity index (χ2n) is 4.91. The fourth-order valence-electron chi connectivity index (χ4n) is 2.60. The van der Waals surface area contributed by atoms with Gasteiger partial charge in [0.2, 0.25) is 0 Å². The van der Waals surface area contributed by atoms with Crippen LogP contribution in [0.4, 0.5) is 0 Å². The molecule has 1 aliphatic heterocycles. The Balaban J connectivity index is 1.89. The Hall–Kier alpha value is -1.45. The molecule has 0 saturated carbocycles. The number of benzene rings is 2. The predicted octanol–water partition coefficient (Wildman–Crippen LogP) is 3.78. The molecule has 2 aromatic carbocycles.